The smallest absolute Gasteiger partial charge is 0.225 e. The number of hydrogen-bond acceptors (Lipinski definition) is 16. The molecule has 2 aromatic heterocycles. The van der Waals surface area contributed by atoms with Gasteiger partial charge in [0.15, 0.2) is 23.0 Å². The lowest BCUT2D eigenvalue weighted by molar-refractivity contribution is 0.210. The third-order valence-electron chi connectivity index (χ3n) is 13.2. The summed E-state index contributed by atoms with van der Waals surface area (Å²) in [4.78, 5) is 27.0. The molecule has 0 spiro atoms. The van der Waals surface area contributed by atoms with Gasteiger partial charge in [-0.2, -0.15) is 9.97 Å². The summed E-state index contributed by atoms with van der Waals surface area (Å²) in [5.74, 6) is 7.89. The molecule has 3 N–H and O–H groups in total. The molecule has 0 saturated carbocycles. The lowest BCUT2D eigenvalue weighted by Crippen LogP contribution is -2.39. The van der Waals surface area contributed by atoms with E-state index >= 15 is 0 Å². The second-order valence-corrected chi connectivity index (χ2v) is 17.8. The van der Waals surface area contributed by atoms with Gasteiger partial charge in [-0.25, -0.2) is 9.97 Å². The Morgan fingerprint density at radius 1 is 0.522 bits per heavy atom. The lowest BCUT2D eigenvalue weighted by atomic mass is 10.0. The van der Waals surface area contributed by atoms with Crippen LogP contribution in [0.4, 0.5) is 23.5 Å². The number of rotatable bonds is 16. The van der Waals surface area contributed by atoms with Crippen LogP contribution in [0.15, 0.2) is 42.5 Å². The van der Waals surface area contributed by atoms with Gasteiger partial charge in [0, 0.05) is 86.9 Å². The number of likely N-dealkylation sites (tertiary alicyclic amines) is 1. The molecule has 5 aromatic rings. The number of aromatic nitrogens is 4. The van der Waals surface area contributed by atoms with Gasteiger partial charge in [0.05, 0.1) is 52.7 Å². The molecule has 9 rings (SSSR count). The van der Waals surface area contributed by atoms with Crippen molar-refractivity contribution in [2.45, 2.75) is 96.7 Å². The van der Waals surface area contributed by atoms with Crippen molar-refractivity contribution in [3.05, 3.63) is 48.0 Å². The average molecular weight is 921 g/mol. The molecule has 67 heavy (non-hydrogen) atoms. The van der Waals surface area contributed by atoms with Crippen molar-refractivity contribution in [3.8, 4) is 34.5 Å². The van der Waals surface area contributed by atoms with Crippen molar-refractivity contribution in [3.63, 3.8) is 0 Å². The Balaban J connectivity index is 0.000000196. The summed E-state index contributed by atoms with van der Waals surface area (Å²) in [6, 6.07) is 14.9. The molecule has 0 amide bonds. The Morgan fingerprint density at radius 2 is 0.955 bits per heavy atom. The maximum absolute atomic E-state index is 5.78. The third-order valence-corrected chi connectivity index (χ3v) is 13.2. The van der Waals surface area contributed by atoms with Gasteiger partial charge in [-0.1, -0.05) is 0 Å². The molecule has 6 heterocycles. The van der Waals surface area contributed by atoms with Crippen LogP contribution in [0, 0.1) is 0 Å². The Hall–Kier alpha value is -5.74. The quantitative estimate of drug-likeness (QED) is 0.0869. The molecule has 0 unspecified atom stereocenters. The molecule has 16 heteroatoms. The molecule has 16 nitrogen and oxygen atoms in total. The van der Waals surface area contributed by atoms with Gasteiger partial charge in [-0.3, -0.25) is 4.90 Å². The number of anilines is 4. The Morgan fingerprint density at radius 3 is 1.39 bits per heavy atom. The molecule has 0 radical (unpaired) electrons. The minimum absolute atomic E-state index is 0.316. The van der Waals surface area contributed by atoms with Crippen LogP contribution in [0.1, 0.15) is 83.6 Å². The number of ether oxygens (including phenoxy) is 6. The van der Waals surface area contributed by atoms with E-state index in [0.717, 1.165) is 130 Å². The van der Waals surface area contributed by atoms with Gasteiger partial charge >= 0.3 is 0 Å². The van der Waals surface area contributed by atoms with E-state index in [-0.39, 0.29) is 0 Å². The molecule has 362 valence electrons. The van der Waals surface area contributed by atoms with Crippen LogP contribution in [0.25, 0.3) is 21.8 Å². The van der Waals surface area contributed by atoms with E-state index in [4.69, 9.17) is 48.4 Å². The fourth-order valence-electron chi connectivity index (χ4n) is 9.75. The Labute approximate surface area is 396 Å². The summed E-state index contributed by atoms with van der Waals surface area (Å²) in [6.45, 7) is 14.3. The summed E-state index contributed by atoms with van der Waals surface area (Å²) < 4.78 is 33.7. The highest BCUT2D eigenvalue weighted by Gasteiger charge is 2.25. The first-order chi connectivity index (χ1) is 32.9. The SMILES string of the molecule is CCOc1cc(CN2CCC(Nc3nc(N4CCCCC4)c4cc(OC)c(OC)cc4n3)CC2)cc(OCC)c1.COc1cc2nc(NC3CCNCC3)nc(N3CCCCC3)c2cc1OC. The first-order valence-corrected chi connectivity index (χ1v) is 24.6. The van der Waals surface area contributed by atoms with Crippen molar-refractivity contribution in [2.75, 3.05) is 114 Å². The topological polar surface area (TPSA) is 153 Å². The first kappa shape index (κ1) is 47.7. The molecule has 0 bridgehead atoms. The number of methoxy groups -OCH3 is 4. The second kappa shape index (κ2) is 23.3. The number of benzene rings is 3. The van der Waals surface area contributed by atoms with Gasteiger partial charge in [0.25, 0.3) is 0 Å². The lowest BCUT2D eigenvalue weighted by Gasteiger charge is -2.33. The van der Waals surface area contributed by atoms with Crippen molar-refractivity contribution in [2.24, 2.45) is 0 Å². The molecule has 4 saturated heterocycles. The molecule has 0 atom stereocenters. The van der Waals surface area contributed by atoms with Crippen LogP contribution in [0.2, 0.25) is 0 Å². The average Bonchev–Trinajstić information content (AvgIpc) is 3.36. The molecule has 0 aliphatic carbocycles. The number of fused-ring (bicyclic) bond motifs is 2. The number of hydrogen-bond donors (Lipinski definition) is 3. The largest absolute Gasteiger partial charge is 0.494 e. The van der Waals surface area contributed by atoms with Crippen LogP contribution in [-0.4, -0.2) is 131 Å². The van der Waals surface area contributed by atoms with Crippen molar-refractivity contribution < 1.29 is 28.4 Å². The van der Waals surface area contributed by atoms with E-state index in [1.165, 1.54) is 44.1 Å². The second-order valence-electron chi connectivity index (χ2n) is 17.8. The predicted molar refractivity (Wildman–Crippen MR) is 268 cm³/mol. The van der Waals surface area contributed by atoms with Crippen molar-refractivity contribution >= 4 is 45.3 Å². The van der Waals surface area contributed by atoms with E-state index in [1.807, 2.05) is 44.2 Å². The summed E-state index contributed by atoms with van der Waals surface area (Å²) in [5.41, 5.74) is 2.97. The molecule has 4 fully saturated rings. The number of piperidine rings is 4. The van der Waals surface area contributed by atoms with Gasteiger partial charge < -0.3 is 54.2 Å². The Bertz CT molecular complexity index is 2360. The molecule has 4 aliphatic heterocycles. The summed E-state index contributed by atoms with van der Waals surface area (Å²) in [7, 11) is 6.65. The third kappa shape index (κ3) is 12.1. The zero-order valence-electron chi connectivity index (χ0n) is 40.6. The monoisotopic (exact) mass is 921 g/mol. The predicted octanol–water partition coefficient (Wildman–Crippen LogP) is 8.31. The maximum Gasteiger partial charge on any atom is 0.225 e. The first-order valence-electron chi connectivity index (χ1n) is 24.6. The normalized spacial score (nSPS) is 17.4. The highest BCUT2D eigenvalue weighted by Crippen LogP contribution is 2.38. The maximum atomic E-state index is 5.78. The van der Waals surface area contributed by atoms with Crippen LogP contribution in [0.3, 0.4) is 0 Å². The van der Waals surface area contributed by atoms with Gasteiger partial charge in [-0.15, -0.1) is 0 Å². The van der Waals surface area contributed by atoms with Gasteiger partial charge in [0.2, 0.25) is 11.9 Å². The minimum Gasteiger partial charge on any atom is -0.494 e. The van der Waals surface area contributed by atoms with Gasteiger partial charge in [-0.05, 0) is 121 Å². The Kier molecular flexibility index (Phi) is 16.6. The highest BCUT2D eigenvalue weighted by molar-refractivity contribution is 5.94. The zero-order valence-corrected chi connectivity index (χ0v) is 40.6. The summed E-state index contributed by atoms with van der Waals surface area (Å²) in [6.07, 6.45) is 11.6. The van der Waals surface area contributed by atoms with Crippen LogP contribution in [-0.2, 0) is 6.54 Å². The van der Waals surface area contributed by atoms with E-state index in [2.05, 4.69) is 42.8 Å². The van der Waals surface area contributed by atoms with Crippen LogP contribution in [0.5, 0.6) is 34.5 Å². The fourth-order valence-corrected chi connectivity index (χ4v) is 9.75. The van der Waals surface area contributed by atoms with E-state index < -0.39 is 0 Å². The molecule has 3 aromatic carbocycles. The summed E-state index contributed by atoms with van der Waals surface area (Å²) >= 11 is 0. The van der Waals surface area contributed by atoms with Crippen LogP contribution < -0.4 is 54.2 Å². The molecular weight excluding hydrogens is 849 g/mol. The van der Waals surface area contributed by atoms with Crippen molar-refractivity contribution in [1.29, 1.82) is 0 Å². The minimum atomic E-state index is 0.316. The fraction of sp³-hybridized carbons (Fsp3) is 0.569. The van der Waals surface area contributed by atoms with E-state index in [0.29, 0.717) is 60.2 Å². The van der Waals surface area contributed by atoms with Gasteiger partial charge in [0.1, 0.15) is 23.1 Å². The van der Waals surface area contributed by atoms with Crippen LogP contribution >= 0.6 is 0 Å². The van der Waals surface area contributed by atoms with E-state index in [1.54, 1.807) is 28.4 Å². The zero-order chi connectivity index (χ0) is 46.5. The molecule has 4 aliphatic rings. The van der Waals surface area contributed by atoms with E-state index in [9.17, 15) is 0 Å². The summed E-state index contributed by atoms with van der Waals surface area (Å²) in [5, 5.41) is 12.6. The number of nitrogens with one attached hydrogen (secondary N) is 3. The molecular formula is C51H72N10O6. The number of nitrogens with zero attached hydrogens (tertiary/aromatic N) is 7. The van der Waals surface area contributed by atoms with Crippen molar-refractivity contribution in [1.82, 2.24) is 30.2 Å². The standard InChI is InChI=1S/C31H43N5O4.C20H29N5O2/c1-5-39-24-16-22(17-25(18-24)40-6-2)21-35-14-10-23(11-15-35)32-31-33-27-20-29(38-4)28(37-3)19-26(27)30(34-31)36-12-8-7-9-13-36;1-26-17-12-15-16(13-18(17)27-2)23-20(22-14-6-8-21-9-7-14)24-19(15)25-10-4-3-5-11-25/h16-20,23H,5-15,21H2,1-4H3,(H,32,33,34);12-14,21H,3-11H2,1-2H3,(H,22,23,24). The highest BCUT2D eigenvalue weighted by atomic mass is 16.5.